The Hall–Kier alpha value is -0.710. The first kappa shape index (κ1) is 9.29. The van der Waals surface area contributed by atoms with E-state index in [-0.39, 0.29) is 6.61 Å². The quantitative estimate of drug-likeness (QED) is 0.352. The smallest absolute Gasteiger partial charge is 0.397 e. The van der Waals surface area contributed by atoms with Crippen LogP contribution < -0.4 is 4.72 Å². The summed E-state index contributed by atoms with van der Waals surface area (Å²) in [5, 5.41) is 0. The Labute approximate surface area is 63.4 Å². The van der Waals surface area contributed by atoms with E-state index in [2.05, 4.69) is 9.46 Å². The van der Waals surface area contributed by atoms with Gasteiger partial charge in [-0.3, -0.25) is 9.52 Å². The molecule has 0 rings (SSSR count). The van der Waals surface area contributed by atoms with Crippen molar-refractivity contribution >= 4 is 23.8 Å². The number of esters is 1. The van der Waals surface area contributed by atoms with Crippen molar-refractivity contribution in [3.05, 3.63) is 0 Å². The van der Waals surface area contributed by atoms with Crippen LogP contribution in [0.3, 0.4) is 0 Å². The number of rotatable bonds is 2. The second-order valence-electron chi connectivity index (χ2n) is 1.36. The van der Waals surface area contributed by atoms with Crippen molar-refractivity contribution in [2.45, 2.75) is 6.92 Å². The first-order chi connectivity index (χ1) is 4.72. The van der Waals surface area contributed by atoms with Gasteiger partial charge in [0.25, 0.3) is 0 Å². The fraction of sp³-hybridized carbons (Fsp3) is 0.600. The van der Waals surface area contributed by atoms with Gasteiger partial charge in [-0.15, -0.1) is 0 Å². The lowest BCUT2D eigenvalue weighted by atomic mass is 10.6. The highest BCUT2D eigenvalue weighted by molar-refractivity contribution is 7.97. The van der Waals surface area contributed by atoms with Gasteiger partial charge in [0.15, 0.2) is 0 Å². The molecule has 58 valence electrons. The van der Waals surface area contributed by atoms with Crippen molar-refractivity contribution in [2.75, 3.05) is 12.9 Å². The summed E-state index contributed by atoms with van der Waals surface area (Å²) in [6.07, 6.45) is 1.65. The van der Waals surface area contributed by atoms with Crippen molar-refractivity contribution in [1.82, 2.24) is 4.72 Å². The molecule has 0 fully saturated rings. The molecular weight excluding hydrogens is 154 g/mol. The maximum absolute atomic E-state index is 10.5. The summed E-state index contributed by atoms with van der Waals surface area (Å²) < 4.78 is 6.63. The Morgan fingerprint density at radius 1 is 1.60 bits per heavy atom. The van der Waals surface area contributed by atoms with E-state index in [0.717, 1.165) is 11.9 Å². The average Bonchev–Trinajstić information content (AvgIpc) is 1.89. The molecule has 0 heterocycles. The van der Waals surface area contributed by atoms with Crippen LogP contribution in [0.15, 0.2) is 0 Å². The van der Waals surface area contributed by atoms with Gasteiger partial charge < -0.3 is 4.74 Å². The second-order valence-corrected chi connectivity index (χ2v) is 1.97. The minimum Gasteiger partial charge on any atom is -0.459 e. The molecule has 4 nitrogen and oxygen atoms in total. The number of hydrogen-bond donors (Lipinski definition) is 1. The summed E-state index contributed by atoms with van der Waals surface area (Å²) in [6.45, 7) is 1.87. The molecule has 0 bridgehead atoms. The Kier molecular flexibility index (Phi) is 4.74. The molecule has 0 aliphatic carbocycles. The Balaban J connectivity index is 3.60. The lowest BCUT2D eigenvalue weighted by Gasteiger charge is -1.98. The number of amides is 1. The van der Waals surface area contributed by atoms with Crippen LogP contribution in [-0.4, -0.2) is 24.7 Å². The molecular formula is C5H9NO3S. The highest BCUT2D eigenvalue weighted by Gasteiger charge is 2.12. The summed E-state index contributed by atoms with van der Waals surface area (Å²) in [6, 6.07) is 0. The Morgan fingerprint density at radius 2 is 2.20 bits per heavy atom. The Bertz CT molecular complexity index is 121. The van der Waals surface area contributed by atoms with E-state index in [1.807, 2.05) is 0 Å². The van der Waals surface area contributed by atoms with Gasteiger partial charge in [-0.05, 0) is 6.92 Å². The molecule has 10 heavy (non-hydrogen) atoms. The summed E-state index contributed by atoms with van der Waals surface area (Å²) >= 11 is 1.06. The van der Waals surface area contributed by atoms with Gasteiger partial charge in [0, 0.05) is 6.26 Å². The van der Waals surface area contributed by atoms with Crippen LogP contribution in [0.2, 0.25) is 0 Å². The molecule has 1 N–H and O–H groups in total. The largest absolute Gasteiger partial charge is 0.459 e. The zero-order valence-electron chi connectivity index (χ0n) is 5.84. The minimum atomic E-state index is -0.836. The van der Waals surface area contributed by atoms with Gasteiger partial charge in [0.05, 0.1) is 6.61 Å². The van der Waals surface area contributed by atoms with E-state index in [4.69, 9.17) is 0 Å². The molecule has 0 aromatic carbocycles. The van der Waals surface area contributed by atoms with Crippen molar-refractivity contribution in [2.24, 2.45) is 0 Å². The molecule has 0 aromatic heterocycles. The van der Waals surface area contributed by atoms with Gasteiger partial charge in [-0.2, -0.15) is 0 Å². The van der Waals surface area contributed by atoms with E-state index in [9.17, 15) is 9.59 Å². The minimum absolute atomic E-state index is 0.223. The molecule has 0 spiro atoms. The van der Waals surface area contributed by atoms with Crippen LogP contribution in [0.4, 0.5) is 0 Å². The van der Waals surface area contributed by atoms with Crippen LogP contribution in [-0.2, 0) is 14.3 Å². The Morgan fingerprint density at radius 3 is 2.60 bits per heavy atom. The first-order valence-electron chi connectivity index (χ1n) is 2.72. The van der Waals surface area contributed by atoms with Crippen LogP contribution in [0.5, 0.6) is 0 Å². The monoisotopic (exact) mass is 163 g/mol. The second kappa shape index (κ2) is 5.10. The zero-order chi connectivity index (χ0) is 7.98. The maximum Gasteiger partial charge on any atom is 0.397 e. The number of carbonyl (C=O) groups is 2. The van der Waals surface area contributed by atoms with E-state index >= 15 is 0 Å². The van der Waals surface area contributed by atoms with Gasteiger partial charge >= 0.3 is 11.9 Å². The summed E-state index contributed by atoms with van der Waals surface area (Å²) in [7, 11) is 0. The normalized spacial score (nSPS) is 8.60. The SMILES string of the molecule is CCOC(=O)C(=O)NSC. The summed E-state index contributed by atoms with van der Waals surface area (Å²) in [4.78, 5) is 21.0. The highest BCUT2D eigenvalue weighted by atomic mass is 32.2. The number of nitrogens with one attached hydrogen (secondary N) is 1. The van der Waals surface area contributed by atoms with Crippen molar-refractivity contribution < 1.29 is 14.3 Å². The number of hydrogen-bond acceptors (Lipinski definition) is 4. The molecule has 0 saturated heterocycles. The third kappa shape index (κ3) is 3.34. The number of ether oxygens (including phenoxy) is 1. The fourth-order valence-electron chi connectivity index (χ4n) is 0.331. The standard InChI is InChI=1S/C5H9NO3S/c1-3-9-5(8)4(7)6-10-2/h3H2,1-2H3,(H,6,7). The van der Waals surface area contributed by atoms with Crippen molar-refractivity contribution in [3.8, 4) is 0 Å². The molecule has 0 atom stereocenters. The van der Waals surface area contributed by atoms with Crippen LogP contribution in [0.25, 0.3) is 0 Å². The molecule has 0 radical (unpaired) electrons. The molecule has 0 aromatic rings. The van der Waals surface area contributed by atoms with E-state index < -0.39 is 11.9 Å². The number of carbonyl (C=O) groups excluding carboxylic acids is 2. The van der Waals surface area contributed by atoms with Crippen LogP contribution in [0, 0.1) is 0 Å². The van der Waals surface area contributed by atoms with Gasteiger partial charge in [0.2, 0.25) is 0 Å². The first-order valence-corrected chi connectivity index (χ1v) is 3.95. The maximum atomic E-state index is 10.5. The topological polar surface area (TPSA) is 55.4 Å². The van der Waals surface area contributed by atoms with Gasteiger partial charge in [-0.1, -0.05) is 11.9 Å². The molecule has 0 saturated carbocycles. The average molecular weight is 163 g/mol. The van der Waals surface area contributed by atoms with Crippen molar-refractivity contribution in [1.29, 1.82) is 0 Å². The van der Waals surface area contributed by atoms with Crippen LogP contribution in [0.1, 0.15) is 6.92 Å². The highest BCUT2D eigenvalue weighted by Crippen LogP contribution is 1.84. The lowest BCUT2D eigenvalue weighted by Crippen LogP contribution is -2.27. The molecule has 1 amide bonds. The van der Waals surface area contributed by atoms with Crippen LogP contribution >= 0.6 is 11.9 Å². The third-order valence-electron chi connectivity index (χ3n) is 0.656. The summed E-state index contributed by atoms with van der Waals surface area (Å²) in [5.41, 5.74) is 0. The van der Waals surface area contributed by atoms with E-state index in [1.54, 1.807) is 13.2 Å². The molecule has 5 heteroatoms. The third-order valence-corrected chi connectivity index (χ3v) is 1.05. The summed E-state index contributed by atoms with van der Waals surface area (Å²) in [5.74, 6) is -1.55. The zero-order valence-corrected chi connectivity index (χ0v) is 6.66. The lowest BCUT2D eigenvalue weighted by molar-refractivity contribution is -0.153. The van der Waals surface area contributed by atoms with E-state index in [1.165, 1.54) is 0 Å². The van der Waals surface area contributed by atoms with E-state index in [0.29, 0.717) is 0 Å². The molecule has 0 aliphatic rings. The van der Waals surface area contributed by atoms with Gasteiger partial charge in [0.1, 0.15) is 0 Å². The molecule has 0 unspecified atom stereocenters. The van der Waals surface area contributed by atoms with Crippen molar-refractivity contribution in [3.63, 3.8) is 0 Å². The fourth-order valence-corrected chi connectivity index (χ4v) is 0.600. The molecule has 0 aliphatic heterocycles. The predicted molar refractivity (Wildman–Crippen MR) is 38.3 cm³/mol. The predicted octanol–water partition coefficient (Wildman–Crippen LogP) is -0.0563. The van der Waals surface area contributed by atoms with Gasteiger partial charge in [-0.25, -0.2) is 4.79 Å².